The third kappa shape index (κ3) is 5.12. The quantitative estimate of drug-likeness (QED) is 0.150. The first-order valence-corrected chi connectivity index (χ1v) is 16.4. The Hall–Kier alpha value is -2.95. The first kappa shape index (κ1) is 27.2. The standard InChI is InChI=1S/C30H31N3O4S3/c1-3-37-29(36)25-20-9-5-7-11-22(20)40-27(25)31-23(34)16-38-30-32-26-24(19-8-4-6-10-21(19)39-26)28(35)33(30)18-14-12-17(2)13-15-18/h12-15H,3-11,16H2,1-2H3,(H,31,34). The minimum absolute atomic E-state index is 0.0553. The Kier molecular flexibility index (Phi) is 7.83. The van der Waals surface area contributed by atoms with Crippen molar-refractivity contribution in [3.8, 4) is 5.69 Å². The summed E-state index contributed by atoms with van der Waals surface area (Å²) in [5.41, 5.74) is 4.42. The third-order valence-electron chi connectivity index (χ3n) is 7.49. The van der Waals surface area contributed by atoms with Gasteiger partial charge in [0.25, 0.3) is 5.56 Å². The molecule has 0 aliphatic heterocycles. The number of nitrogens with zero attached hydrogens (tertiary/aromatic N) is 2. The van der Waals surface area contributed by atoms with Gasteiger partial charge in [-0.15, -0.1) is 22.7 Å². The minimum atomic E-state index is -0.383. The second-order valence-electron chi connectivity index (χ2n) is 10.2. The largest absolute Gasteiger partial charge is 0.462 e. The highest BCUT2D eigenvalue weighted by Crippen LogP contribution is 2.39. The van der Waals surface area contributed by atoms with Crippen LogP contribution in [-0.2, 0) is 35.2 Å². The van der Waals surface area contributed by atoms with Crippen molar-refractivity contribution in [2.45, 2.75) is 70.4 Å². The van der Waals surface area contributed by atoms with Gasteiger partial charge in [0.15, 0.2) is 5.16 Å². The van der Waals surface area contributed by atoms with E-state index in [1.807, 2.05) is 31.2 Å². The fourth-order valence-electron chi connectivity index (χ4n) is 5.57. The van der Waals surface area contributed by atoms with Crippen molar-refractivity contribution in [3.63, 3.8) is 0 Å². The summed E-state index contributed by atoms with van der Waals surface area (Å²) < 4.78 is 6.98. The zero-order valence-electron chi connectivity index (χ0n) is 22.6. The number of aryl methyl sites for hydroxylation is 4. The molecule has 0 bridgehead atoms. The van der Waals surface area contributed by atoms with Crippen molar-refractivity contribution < 1.29 is 14.3 Å². The molecule has 0 spiro atoms. The fourth-order valence-corrected chi connectivity index (χ4v) is 8.98. The zero-order valence-corrected chi connectivity index (χ0v) is 25.1. The average Bonchev–Trinajstić information content (AvgIpc) is 3.50. The lowest BCUT2D eigenvalue weighted by atomic mass is 9.95. The van der Waals surface area contributed by atoms with Crippen LogP contribution >= 0.6 is 34.4 Å². The van der Waals surface area contributed by atoms with E-state index >= 15 is 0 Å². The van der Waals surface area contributed by atoms with E-state index in [9.17, 15) is 14.4 Å². The Morgan fingerprint density at radius 3 is 2.40 bits per heavy atom. The molecule has 10 heteroatoms. The van der Waals surface area contributed by atoms with Crippen molar-refractivity contribution in [1.82, 2.24) is 9.55 Å². The summed E-state index contributed by atoms with van der Waals surface area (Å²) in [7, 11) is 0. The van der Waals surface area contributed by atoms with Crippen LogP contribution in [0.1, 0.15) is 69.4 Å². The molecule has 0 fully saturated rings. The summed E-state index contributed by atoms with van der Waals surface area (Å²) >= 11 is 4.33. The summed E-state index contributed by atoms with van der Waals surface area (Å²) in [5, 5.41) is 4.75. The van der Waals surface area contributed by atoms with Crippen molar-refractivity contribution in [2.75, 3.05) is 17.7 Å². The average molecular weight is 594 g/mol. The summed E-state index contributed by atoms with van der Waals surface area (Å²) in [6, 6.07) is 7.81. The molecule has 1 amide bonds. The third-order valence-corrected chi connectivity index (χ3v) is 10.8. The number of hydrogen-bond donors (Lipinski definition) is 1. The van der Waals surface area contributed by atoms with Crippen LogP contribution in [0, 0.1) is 6.92 Å². The molecule has 208 valence electrons. The Morgan fingerprint density at radius 1 is 1.00 bits per heavy atom. The lowest BCUT2D eigenvalue weighted by molar-refractivity contribution is -0.113. The van der Waals surface area contributed by atoms with Crippen molar-refractivity contribution in [2.24, 2.45) is 0 Å². The predicted molar refractivity (Wildman–Crippen MR) is 163 cm³/mol. The molecule has 0 radical (unpaired) electrons. The van der Waals surface area contributed by atoms with Gasteiger partial charge in [0, 0.05) is 9.75 Å². The van der Waals surface area contributed by atoms with Crippen molar-refractivity contribution in [3.05, 3.63) is 66.6 Å². The number of amides is 1. The molecule has 2 aliphatic rings. The molecule has 40 heavy (non-hydrogen) atoms. The van der Waals surface area contributed by atoms with E-state index in [0.717, 1.165) is 88.8 Å². The number of rotatable bonds is 7. The van der Waals surface area contributed by atoms with Gasteiger partial charge in [-0.05, 0) is 88.5 Å². The van der Waals surface area contributed by atoms with Gasteiger partial charge in [0.05, 0.1) is 29.0 Å². The molecule has 3 heterocycles. The van der Waals surface area contributed by atoms with Crippen molar-refractivity contribution in [1.29, 1.82) is 0 Å². The van der Waals surface area contributed by atoms with Crippen LogP contribution in [0.25, 0.3) is 15.9 Å². The topological polar surface area (TPSA) is 90.3 Å². The molecule has 3 aromatic heterocycles. The van der Waals surface area contributed by atoms with Gasteiger partial charge in [0.2, 0.25) is 5.91 Å². The number of fused-ring (bicyclic) bond motifs is 4. The second kappa shape index (κ2) is 11.5. The number of esters is 1. The maximum absolute atomic E-state index is 14.0. The van der Waals surface area contributed by atoms with Gasteiger partial charge in [-0.3, -0.25) is 14.2 Å². The number of hydrogen-bond acceptors (Lipinski definition) is 8. The molecule has 0 saturated carbocycles. The lowest BCUT2D eigenvalue weighted by Gasteiger charge is -2.14. The van der Waals surface area contributed by atoms with Gasteiger partial charge in [-0.25, -0.2) is 9.78 Å². The molecular weight excluding hydrogens is 563 g/mol. The number of ether oxygens (including phenoxy) is 1. The number of carbonyl (C=O) groups excluding carboxylic acids is 2. The van der Waals surface area contributed by atoms with Crippen LogP contribution in [0.2, 0.25) is 0 Å². The van der Waals surface area contributed by atoms with Gasteiger partial charge in [0.1, 0.15) is 9.83 Å². The molecular formula is C30H31N3O4S3. The van der Waals surface area contributed by atoms with Crippen molar-refractivity contribution >= 4 is 61.5 Å². The number of nitrogens with one attached hydrogen (secondary N) is 1. The molecule has 4 aromatic rings. The van der Waals surface area contributed by atoms with Crippen LogP contribution in [0.15, 0.2) is 34.2 Å². The highest BCUT2D eigenvalue weighted by Gasteiger charge is 2.28. The number of carbonyl (C=O) groups is 2. The monoisotopic (exact) mass is 593 g/mol. The maximum atomic E-state index is 14.0. The van der Waals surface area contributed by atoms with Crippen LogP contribution < -0.4 is 10.9 Å². The zero-order chi connectivity index (χ0) is 27.8. The smallest absolute Gasteiger partial charge is 0.341 e. The highest BCUT2D eigenvalue weighted by molar-refractivity contribution is 7.99. The lowest BCUT2D eigenvalue weighted by Crippen LogP contribution is -2.23. The number of thiophene rings is 2. The Morgan fingerprint density at radius 2 is 1.68 bits per heavy atom. The minimum Gasteiger partial charge on any atom is -0.462 e. The molecule has 7 nitrogen and oxygen atoms in total. The SMILES string of the molecule is CCOC(=O)c1c(NC(=O)CSc2nc3sc4c(c3c(=O)n2-c2ccc(C)cc2)CCCC4)sc2c1CCCC2. The second-order valence-corrected chi connectivity index (χ2v) is 13.4. The van der Waals surface area contributed by atoms with Crippen LogP contribution in [0.5, 0.6) is 0 Å². The molecule has 0 unspecified atom stereocenters. The first-order valence-electron chi connectivity index (χ1n) is 13.8. The first-order chi connectivity index (χ1) is 19.4. The molecule has 0 atom stereocenters. The van der Waals surface area contributed by atoms with Gasteiger partial charge in [-0.2, -0.15) is 0 Å². The molecule has 6 rings (SSSR count). The molecule has 0 saturated heterocycles. The van der Waals surface area contributed by atoms with E-state index in [2.05, 4.69) is 5.32 Å². The van der Waals surface area contributed by atoms with Gasteiger partial charge < -0.3 is 10.1 Å². The summed E-state index contributed by atoms with van der Waals surface area (Å²) in [6.07, 6.45) is 7.94. The fraction of sp³-hybridized carbons (Fsp3) is 0.400. The van der Waals surface area contributed by atoms with E-state index in [4.69, 9.17) is 9.72 Å². The number of anilines is 1. The van der Waals surface area contributed by atoms with E-state index in [-0.39, 0.29) is 29.8 Å². The van der Waals surface area contributed by atoms with Crippen LogP contribution in [0.4, 0.5) is 5.00 Å². The molecule has 2 aliphatic carbocycles. The maximum Gasteiger partial charge on any atom is 0.341 e. The van der Waals surface area contributed by atoms with E-state index < -0.39 is 0 Å². The Bertz CT molecular complexity index is 1670. The summed E-state index contributed by atoms with van der Waals surface area (Å²) in [5.74, 6) is -0.573. The van der Waals surface area contributed by atoms with E-state index in [0.29, 0.717) is 15.7 Å². The van der Waals surface area contributed by atoms with Gasteiger partial charge >= 0.3 is 5.97 Å². The molecule has 1 N–H and O–H groups in total. The molecule has 1 aromatic carbocycles. The highest BCUT2D eigenvalue weighted by atomic mass is 32.2. The van der Waals surface area contributed by atoms with E-state index in [1.165, 1.54) is 28.0 Å². The summed E-state index contributed by atoms with van der Waals surface area (Å²) in [6.45, 7) is 4.08. The Labute approximate surface area is 245 Å². The number of aromatic nitrogens is 2. The normalized spacial score (nSPS) is 14.6. The Balaban J connectivity index is 1.32. The predicted octanol–water partition coefficient (Wildman–Crippen LogP) is 6.48. The van der Waals surface area contributed by atoms with E-state index in [1.54, 1.807) is 22.8 Å². The summed E-state index contributed by atoms with van der Waals surface area (Å²) in [4.78, 5) is 48.1. The number of thioether (sulfide) groups is 1. The van der Waals surface area contributed by atoms with Gasteiger partial charge in [-0.1, -0.05) is 29.5 Å². The van der Waals surface area contributed by atoms with Crippen LogP contribution in [-0.4, -0.2) is 33.8 Å². The number of benzene rings is 1. The van der Waals surface area contributed by atoms with Crippen LogP contribution in [0.3, 0.4) is 0 Å².